The lowest BCUT2D eigenvalue weighted by molar-refractivity contribution is -0.156. The molecule has 0 heterocycles. The Morgan fingerprint density at radius 2 is 1.85 bits per heavy atom. The van der Waals surface area contributed by atoms with Gasteiger partial charge < -0.3 is 5.11 Å². The third-order valence-electron chi connectivity index (χ3n) is 6.27. The molecule has 4 heteroatoms. The van der Waals surface area contributed by atoms with Crippen LogP contribution in [0.3, 0.4) is 0 Å². The van der Waals surface area contributed by atoms with Crippen molar-refractivity contribution in [3.05, 3.63) is 11.6 Å². The van der Waals surface area contributed by atoms with E-state index in [2.05, 4.69) is 19.9 Å². The summed E-state index contributed by atoms with van der Waals surface area (Å²) >= 11 is 0. The van der Waals surface area contributed by atoms with E-state index in [0.717, 1.165) is 18.4 Å². The van der Waals surface area contributed by atoms with Gasteiger partial charge in [0.05, 0.1) is 5.41 Å². The second kappa shape index (κ2) is 4.05. The SMILES string of the molecule is CC1(C)C2CC=C(C3(C(=O)O)CCC(F)(F)CC3)C1C2. The van der Waals surface area contributed by atoms with Crippen molar-refractivity contribution < 1.29 is 18.7 Å². The first-order valence-electron chi connectivity index (χ1n) is 7.51. The Morgan fingerprint density at radius 1 is 1.25 bits per heavy atom. The van der Waals surface area contributed by atoms with E-state index in [1.54, 1.807) is 0 Å². The number of hydrogen-bond donors (Lipinski definition) is 1. The first kappa shape index (κ1) is 14.0. The zero-order valence-corrected chi connectivity index (χ0v) is 12.1. The third-order valence-corrected chi connectivity index (χ3v) is 6.27. The van der Waals surface area contributed by atoms with Crippen molar-refractivity contribution in [2.75, 3.05) is 0 Å². The van der Waals surface area contributed by atoms with Gasteiger partial charge >= 0.3 is 5.97 Å². The number of carboxylic acid groups (broad SMARTS) is 1. The second-order valence-corrected chi connectivity index (χ2v) is 7.44. The van der Waals surface area contributed by atoms with Gasteiger partial charge in [0, 0.05) is 12.8 Å². The van der Waals surface area contributed by atoms with Crippen LogP contribution in [0.1, 0.15) is 52.4 Å². The largest absolute Gasteiger partial charge is 0.481 e. The number of allylic oxidation sites excluding steroid dienone is 1. The van der Waals surface area contributed by atoms with Crippen molar-refractivity contribution >= 4 is 5.97 Å². The van der Waals surface area contributed by atoms with E-state index in [1.165, 1.54) is 0 Å². The number of carboxylic acids is 1. The molecule has 0 spiro atoms. The minimum Gasteiger partial charge on any atom is -0.481 e. The average Bonchev–Trinajstić information content (AvgIpc) is 2.38. The van der Waals surface area contributed by atoms with Crippen LogP contribution >= 0.6 is 0 Å². The Balaban J connectivity index is 1.93. The summed E-state index contributed by atoms with van der Waals surface area (Å²) in [5.74, 6) is -2.69. The Morgan fingerprint density at radius 3 is 2.30 bits per heavy atom. The van der Waals surface area contributed by atoms with Gasteiger partial charge in [-0.2, -0.15) is 0 Å². The van der Waals surface area contributed by atoms with Gasteiger partial charge in [0.15, 0.2) is 0 Å². The molecule has 0 aromatic heterocycles. The van der Waals surface area contributed by atoms with Gasteiger partial charge in [0.2, 0.25) is 5.92 Å². The van der Waals surface area contributed by atoms with Crippen molar-refractivity contribution in [3.63, 3.8) is 0 Å². The number of carbonyl (C=O) groups is 1. The number of alkyl halides is 2. The lowest BCUT2D eigenvalue weighted by atomic mass is 9.44. The molecule has 0 radical (unpaired) electrons. The second-order valence-electron chi connectivity index (χ2n) is 7.44. The topological polar surface area (TPSA) is 37.3 Å². The summed E-state index contributed by atoms with van der Waals surface area (Å²) in [6, 6.07) is 0. The fourth-order valence-corrected chi connectivity index (χ4v) is 4.55. The van der Waals surface area contributed by atoms with E-state index in [-0.39, 0.29) is 37.0 Å². The van der Waals surface area contributed by atoms with Gasteiger partial charge in [-0.25, -0.2) is 8.78 Å². The maximum atomic E-state index is 13.4. The maximum absolute atomic E-state index is 13.4. The van der Waals surface area contributed by atoms with Crippen LogP contribution in [0, 0.1) is 22.7 Å². The maximum Gasteiger partial charge on any atom is 0.313 e. The van der Waals surface area contributed by atoms with E-state index >= 15 is 0 Å². The summed E-state index contributed by atoms with van der Waals surface area (Å²) in [6.45, 7) is 4.37. The Labute approximate surface area is 118 Å². The molecule has 2 saturated carbocycles. The van der Waals surface area contributed by atoms with E-state index in [4.69, 9.17) is 0 Å². The number of halogens is 2. The summed E-state index contributed by atoms with van der Waals surface area (Å²) in [5, 5.41) is 9.73. The Kier molecular flexibility index (Phi) is 2.84. The lowest BCUT2D eigenvalue weighted by Gasteiger charge is -2.59. The van der Waals surface area contributed by atoms with Crippen molar-refractivity contribution in [1.82, 2.24) is 0 Å². The fourth-order valence-electron chi connectivity index (χ4n) is 4.55. The molecule has 2 fully saturated rings. The monoisotopic (exact) mass is 284 g/mol. The highest BCUT2D eigenvalue weighted by molar-refractivity contribution is 5.79. The zero-order valence-electron chi connectivity index (χ0n) is 12.1. The highest BCUT2D eigenvalue weighted by Crippen LogP contribution is 2.64. The van der Waals surface area contributed by atoms with Crippen LogP contribution in [0.15, 0.2) is 11.6 Å². The van der Waals surface area contributed by atoms with E-state index < -0.39 is 17.3 Å². The molecule has 4 rings (SSSR count). The predicted octanol–water partition coefficient (Wildman–Crippen LogP) is 4.26. The number of hydrogen-bond acceptors (Lipinski definition) is 1. The molecule has 0 aliphatic heterocycles. The van der Waals surface area contributed by atoms with E-state index in [9.17, 15) is 18.7 Å². The quantitative estimate of drug-likeness (QED) is 0.769. The van der Waals surface area contributed by atoms with Crippen molar-refractivity contribution in [1.29, 1.82) is 0 Å². The van der Waals surface area contributed by atoms with Crippen LogP contribution in [0.5, 0.6) is 0 Å². The van der Waals surface area contributed by atoms with Crippen LogP contribution < -0.4 is 0 Å². The lowest BCUT2D eigenvalue weighted by Crippen LogP contribution is -2.54. The van der Waals surface area contributed by atoms with Crippen LogP contribution in [-0.2, 0) is 4.79 Å². The van der Waals surface area contributed by atoms with Crippen LogP contribution in [-0.4, -0.2) is 17.0 Å². The van der Waals surface area contributed by atoms with Gasteiger partial charge in [-0.05, 0) is 42.9 Å². The highest BCUT2D eigenvalue weighted by atomic mass is 19.3. The summed E-state index contributed by atoms with van der Waals surface area (Å²) in [6.07, 6.45) is 3.56. The molecule has 2 atom stereocenters. The van der Waals surface area contributed by atoms with Crippen molar-refractivity contribution in [2.45, 2.75) is 58.3 Å². The first-order chi connectivity index (χ1) is 9.19. The predicted molar refractivity (Wildman–Crippen MR) is 71.6 cm³/mol. The molecule has 112 valence electrons. The molecule has 1 N–H and O–H groups in total. The third kappa shape index (κ3) is 1.76. The molecular weight excluding hydrogens is 262 g/mol. The highest BCUT2D eigenvalue weighted by Gasteiger charge is 2.59. The summed E-state index contributed by atoms with van der Waals surface area (Å²) in [4.78, 5) is 11.9. The molecule has 2 unspecified atom stereocenters. The molecule has 0 saturated heterocycles. The molecule has 2 bridgehead atoms. The van der Waals surface area contributed by atoms with Gasteiger partial charge in [-0.15, -0.1) is 0 Å². The summed E-state index contributed by atoms with van der Waals surface area (Å²) in [5.41, 5.74) is 0.0506. The summed E-state index contributed by atoms with van der Waals surface area (Å²) < 4.78 is 26.9. The van der Waals surface area contributed by atoms with Crippen molar-refractivity contribution in [2.24, 2.45) is 22.7 Å². The number of aliphatic carboxylic acids is 1. The molecule has 0 amide bonds. The zero-order chi connectivity index (χ0) is 14.8. The molecule has 4 aliphatic rings. The van der Waals surface area contributed by atoms with Gasteiger partial charge in [-0.1, -0.05) is 25.5 Å². The van der Waals surface area contributed by atoms with E-state index in [0.29, 0.717) is 5.92 Å². The minimum atomic E-state index is -2.69. The minimum absolute atomic E-state index is 0.0818. The number of fused-ring (bicyclic) bond motifs is 1. The Hall–Kier alpha value is -0.930. The average molecular weight is 284 g/mol. The number of rotatable bonds is 2. The van der Waals surface area contributed by atoms with Crippen LogP contribution in [0.25, 0.3) is 0 Å². The molecule has 20 heavy (non-hydrogen) atoms. The van der Waals surface area contributed by atoms with Gasteiger partial charge in [0.1, 0.15) is 0 Å². The normalized spacial score (nSPS) is 36.7. The molecule has 4 aliphatic carbocycles. The summed E-state index contributed by atoms with van der Waals surface area (Å²) in [7, 11) is 0. The van der Waals surface area contributed by atoms with Gasteiger partial charge in [0.25, 0.3) is 0 Å². The molecular formula is C16H22F2O2. The smallest absolute Gasteiger partial charge is 0.313 e. The van der Waals surface area contributed by atoms with E-state index in [1.807, 2.05) is 0 Å². The molecule has 0 aromatic rings. The van der Waals surface area contributed by atoms with Crippen LogP contribution in [0.2, 0.25) is 0 Å². The fraction of sp³-hybridized carbons (Fsp3) is 0.812. The first-order valence-corrected chi connectivity index (χ1v) is 7.51. The van der Waals surface area contributed by atoms with Gasteiger partial charge in [-0.3, -0.25) is 4.79 Å². The van der Waals surface area contributed by atoms with Crippen LogP contribution in [0.4, 0.5) is 8.78 Å². The Bertz CT molecular complexity index is 469. The standard InChI is InChI=1S/C16H22F2O2/c1-14(2)10-3-4-11(12(14)9-10)15(13(19)20)5-7-16(17,18)8-6-15/h4,10,12H,3,5-9H2,1-2H3,(H,19,20). The van der Waals surface area contributed by atoms with Crippen molar-refractivity contribution in [3.8, 4) is 0 Å². The molecule has 2 nitrogen and oxygen atoms in total. The molecule has 0 aromatic carbocycles.